The summed E-state index contributed by atoms with van der Waals surface area (Å²) < 4.78 is 0. The predicted octanol–water partition coefficient (Wildman–Crippen LogP) is 1.56. The van der Waals surface area contributed by atoms with E-state index in [2.05, 4.69) is 0 Å². The number of thiocarbonyl (C=S) groups is 1. The van der Waals surface area contributed by atoms with Gasteiger partial charge in [-0.1, -0.05) is 26.1 Å². The van der Waals surface area contributed by atoms with Gasteiger partial charge < -0.3 is 10.6 Å². The van der Waals surface area contributed by atoms with Crippen LogP contribution in [0.25, 0.3) is 0 Å². The molecule has 14 heavy (non-hydrogen) atoms. The molecule has 0 rings (SSSR count). The Labute approximate surface area is 91.6 Å². The third-order valence-electron chi connectivity index (χ3n) is 2.91. The van der Waals surface area contributed by atoms with Gasteiger partial charge in [0.1, 0.15) is 0 Å². The van der Waals surface area contributed by atoms with E-state index >= 15 is 0 Å². The average molecular weight is 216 g/mol. The molecule has 0 aromatic carbocycles. The molecule has 1 amide bonds. The fraction of sp³-hybridized carbons (Fsp3) is 0.800. The highest BCUT2D eigenvalue weighted by atomic mass is 32.1. The molecule has 0 bridgehead atoms. The minimum Gasteiger partial charge on any atom is -0.392 e. The van der Waals surface area contributed by atoms with Crippen molar-refractivity contribution in [1.29, 1.82) is 0 Å². The maximum Gasteiger partial charge on any atom is 0.235 e. The van der Waals surface area contributed by atoms with Crippen molar-refractivity contribution in [2.45, 2.75) is 33.6 Å². The molecule has 2 N–H and O–H groups in total. The van der Waals surface area contributed by atoms with E-state index in [1.165, 1.54) is 0 Å². The van der Waals surface area contributed by atoms with Gasteiger partial charge in [0.25, 0.3) is 0 Å². The smallest absolute Gasteiger partial charge is 0.235 e. The van der Waals surface area contributed by atoms with Crippen LogP contribution in [0.2, 0.25) is 0 Å². The first-order valence-corrected chi connectivity index (χ1v) is 5.42. The van der Waals surface area contributed by atoms with Crippen LogP contribution in [0, 0.1) is 5.41 Å². The highest BCUT2D eigenvalue weighted by molar-refractivity contribution is 7.80. The van der Waals surface area contributed by atoms with Crippen LogP contribution in [-0.2, 0) is 4.79 Å². The zero-order valence-corrected chi connectivity index (χ0v) is 10.3. The van der Waals surface area contributed by atoms with Crippen LogP contribution in [0.5, 0.6) is 0 Å². The summed E-state index contributed by atoms with van der Waals surface area (Å²) in [6.07, 6.45) is 1.34. The Balaban J connectivity index is 4.99. The summed E-state index contributed by atoms with van der Waals surface area (Å²) in [4.78, 5) is 14.0. The van der Waals surface area contributed by atoms with Crippen molar-refractivity contribution >= 4 is 23.1 Å². The standard InChI is InChI=1S/C10H20N2OS/c1-5-10(6-2,8(11)14)9(13)12(4)7-3/h5-7H2,1-4H3,(H2,11,14). The van der Waals surface area contributed by atoms with Crippen molar-refractivity contribution in [3.05, 3.63) is 0 Å². The number of hydrogen-bond donors (Lipinski definition) is 1. The van der Waals surface area contributed by atoms with Gasteiger partial charge in [-0.25, -0.2) is 0 Å². The molecule has 82 valence electrons. The molecule has 0 saturated heterocycles. The summed E-state index contributed by atoms with van der Waals surface area (Å²) in [5.74, 6) is 0.0394. The normalized spacial score (nSPS) is 11.1. The summed E-state index contributed by atoms with van der Waals surface area (Å²) in [7, 11) is 1.78. The molecule has 0 spiro atoms. The third-order valence-corrected chi connectivity index (χ3v) is 3.30. The van der Waals surface area contributed by atoms with Crippen LogP contribution in [0.15, 0.2) is 0 Å². The van der Waals surface area contributed by atoms with Gasteiger partial charge >= 0.3 is 0 Å². The molecule has 0 aliphatic carbocycles. The lowest BCUT2D eigenvalue weighted by Gasteiger charge is -2.32. The molecule has 0 aromatic rings. The Kier molecular flexibility index (Phi) is 5.05. The molecule has 3 nitrogen and oxygen atoms in total. The third kappa shape index (κ3) is 2.23. The molecule has 0 saturated carbocycles. The second-order valence-corrected chi connectivity index (χ2v) is 3.91. The summed E-state index contributed by atoms with van der Waals surface area (Å²) in [5, 5.41) is 0. The van der Waals surface area contributed by atoms with Gasteiger partial charge in [0.05, 0.1) is 10.4 Å². The molecule has 0 aliphatic rings. The van der Waals surface area contributed by atoms with Gasteiger partial charge in [0.2, 0.25) is 5.91 Å². The number of carbonyl (C=O) groups is 1. The molecule has 0 atom stereocenters. The van der Waals surface area contributed by atoms with Gasteiger partial charge in [-0.3, -0.25) is 4.79 Å². The van der Waals surface area contributed by atoms with Gasteiger partial charge in [-0.05, 0) is 19.8 Å². The number of rotatable bonds is 5. The zero-order chi connectivity index (χ0) is 11.4. The van der Waals surface area contributed by atoms with Crippen LogP contribution >= 0.6 is 12.2 Å². The van der Waals surface area contributed by atoms with Crippen LogP contribution in [-0.4, -0.2) is 29.4 Å². The van der Waals surface area contributed by atoms with Crippen LogP contribution in [0.3, 0.4) is 0 Å². The van der Waals surface area contributed by atoms with Crippen molar-refractivity contribution in [1.82, 2.24) is 4.90 Å². The molecule has 0 radical (unpaired) electrons. The first-order chi connectivity index (χ1) is 6.46. The van der Waals surface area contributed by atoms with Gasteiger partial charge in [-0.2, -0.15) is 0 Å². The fourth-order valence-electron chi connectivity index (χ4n) is 1.52. The van der Waals surface area contributed by atoms with E-state index in [9.17, 15) is 4.79 Å². The fourth-order valence-corrected chi connectivity index (χ4v) is 1.89. The molecule has 0 aliphatic heterocycles. The Bertz CT molecular complexity index is 224. The Morgan fingerprint density at radius 1 is 1.36 bits per heavy atom. The quantitative estimate of drug-likeness (QED) is 0.709. The van der Waals surface area contributed by atoms with E-state index < -0.39 is 5.41 Å². The van der Waals surface area contributed by atoms with E-state index in [0.717, 1.165) is 0 Å². The molecule has 0 unspecified atom stereocenters. The lowest BCUT2D eigenvalue weighted by atomic mass is 9.81. The maximum absolute atomic E-state index is 12.1. The van der Waals surface area contributed by atoms with E-state index in [1.807, 2.05) is 20.8 Å². The lowest BCUT2D eigenvalue weighted by molar-refractivity contribution is -0.137. The first-order valence-electron chi connectivity index (χ1n) is 5.01. The Morgan fingerprint density at radius 2 is 1.79 bits per heavy atom. The molecule has 0 heterocycles. The number of amides is 1. The molecule has 4 heteroatoms. The molecular weight excluding hydrogens is 196 g/mol. The average Bonchev–Trinajstić information content (AvgIpc) is 2.18. The summed E-state index contributed by atoms with van der Waals surface area (Å²) in [6.45, 7) is 6.52. The van der Waals surface area contributed by atoms with Crippen molar-refractivity contribution < 1.29 is 4.79 Å². The summed E-state index contributed by atoms with van der Waals surface area (Å²) in [6, 6.07) is 0. The van der Waals surface area contributed by atoms with Crippen molar-refractivity contribution in [2.24, 2.45) is 11.1 Å². The number of nitrogens with zero attached hydrogens (tertiary/aromatic N) is 1. The lowest BCUT2D eigenvalue weighted by Crippen LogP contribution is -2.48. The maximum atomic E-state index is 12.1. The highest BCUT2D eigenvalue weighted by Crippen LogP contribution is 2.29. The van der Waals surface area contributed by atoms with E-state index in [1.54, 1.807) is 11.9 Å². The zero-order valence-electron chi connectivity index (χ0n) is 9.46. The number of hydrogen-bond acceptors (Lipinski definition) is 2. The molecular formula is C10H20N2OS. The topological polar surface area (TPSA) is 46.3 Å². The molecule has 0 fully saturated rings. The minimum atomic E-state index is -0.639. The van der Waals surface area contributed by atoms with Crippen molar-refractivity contribution in [3.8, 4) is 0 Å². The number of nitrogens with two attached hydrogens (primary N) is 1. The van der Waals surface area contributed by atoms with Crippen LogP contribution < -0.4 is 5.73 Å². The van der Waals surface area contributed by atoms with Gasteiger partial charge in [0.15, 0.2) is 0 Å². The van der Waals surface area contributed by atoms with Crippen LogP contribution in [0.4, 0.5) is 0 Å². The first kappa shape index (κ1) is 13.4. The van der Waals surface area contributed by atoms with E-state index in [-0.39, 0.29) is 5.91 Å². The largest absolute Gasteiger partial charge is 0.392 e. The second-order valence-electron chi connectivity index (χ2n) is 3.47. The predicted molar refractivity (Wildman–Crippen MR) is 63.1 cm³/mol. The summed E-state index contributed by atoms with van der Waals surface area (Å²) >= 11 is 5.00. The van der Waals surface area contributed by atoms with E-state index in [0.29, 0.717) is 24.4 Å². The van der Waals surface area contributed by atoms with E-state index in [4.69, 9.17) is 18.0 Å². The van der Waals surface area contributed by atoms with Gasteiger partial charge in [0, 0.05) is 13.6 Å². The Hall–Kier alpha value is -0.640. The second kappa shape index (κ2) is 5.29. The Morgan fingerprint density at radius 3 is 2.00 bits per heavy atom. The molecule has 0 aromatic heterocycles. The minimum absolute atomic E-state index is 0.0394. The van der Waals surface area contributed by atoms with Crippen molar-refractivity contribution in [3.63, 3.8) is 0 Å². The highest BCUT2D eigenvalue weighted by Gasteiger charge is 2.39. The van der Waals surface area contributed by atoms with Gasteiger partial charge in [-0.15, -0.1) is 0 Å². The SMILES string of the molecule is CCN(C)C(=O)C(CC)(CC)C(N)=S. The number of carbonyl (C=O) groups excluding carboxylic acids is 1. The monoisotopic (exact) mass is 216 g/mol. The summed E-state index contributed by atoms with van der Waals surface area (Å²) in [5.41, 5.74) is 5.03. The van der Waals surface area contributed by atoms with Crippen molar-refractivity contribution in [2.75, 3.05) is 13.6 Å². The van der Waals surface area contributed by atoms with Crippen LogP contribution in [0.1, 0.15) is 33.6 Å².